The molecule has 1 unspecified atom stereocenters. The minimum absolute atomic E-state index is 0.0355. The van der Waals surface area contributed by atoms with Crippen molar-refractivity contribution in [2.45, 2.75) is 38.1 Å². The molecule has 1 heterocycles. The highest BCUT2D eigenvalue weighted by atomic mass is 16.6. The van der Waals surface area contributed by atoms with Crippen molar-refractivity contribution in [1.29, 1.82) is 0 Å². The van der Waals surface area contributed by atoms with Crippen molar-refractivity contribution in [3.63, 3.8) is 0 Å². The molecule has 7 nitrogen and oxygen atoms in total. The lowest BCUT2D eigenvalue weighted by atomic mass is 10.0. The number of para-hydroxylation sites is 1. The summed E-state index contributed by atoms with van der Waals surface area (Å²) >= 11 is 0. The average Bonchev–Trinajstić information content (AvgIpc) is 2.44. The molecule has 1 aliphatic rings. The summed E-state index contributed by atoms with van der Waals surface area (Å²) in [7, 11) is 0. The van der Waals surface area contributed by atoms with Crippen molar-refractivity contribution in [2.75, 3.05) is 6.61 Å². The molecule has 1 saturated heterocycles. The molecule has 1 fully saturated rings. The molecule has 0 amide bonds. The van der Waals surface area contributed by atoms with Crippen LogP contribution in [0, 0.1) is 0 Å². The van der Waals surface area contributed by atoms with Gasteiger partial charge in [-0.05, 0) is 6.07 Å². The van der Waals surface area contributed by atoms with Gasteiger partial charge in [0.25, 0.3) is 0 Å². The van der Waals surface area contributed by atoms with Crippen molar-refractivity contribution < 1.29 is 29.2 Å². The third-order valence-corrected chi connectivity index (χ3v) is 3.17. The monoisotopic (exact) mass is 297 g/mol. The van der Waals surface area contributed by atoms with Crippen LogP contribution in [0.4, 0.5) is 0 Å². The molecular formula is C14H19NO6. The lowest BCUT2D eigenvalue weighted by Crippen LogP contribution is -2.57. The van der Waals surface area contributed by atoms with Crippen LogP contribution >= 0.6 is 0 Å². The Morgan fingerprint density at radius 3 is 2.86 bits per heavy atom. The van der Waals surface area contributed by atoms with Gasteiger partial charge in [-0.25, -0.2) is 0 Å². The van der Waals surface area contributed by atoms with Crippen LogP contribution in [0.3, 0.4) is 0 Å². The summed E-state index contributed by atoms with van der Waals surface area (Å²) in [5.74, 6) is -0.0547. The Morgan fingerprint density at radius 2 is 2.14 bits per heavy atom. The number of carbonyl (C=O) groups is 1. The molecule has 7 heteroatoms. The standard InChI is InChI=1S/C14H19NO6/c1-8(16)21-11-5-3-2-4-9(11)6-19-13-12(18)10(17)7-20-14(13)15/h2-5,10,12-14,17-18H,6-7,15H2,1H3/t10-,12+,13+,14?/m1/s1. The number of benzene rings is 1. The molecule has 4 N–H and O–H groups in total. The van der Waals surface area contributed by atoms with E-state index in [-0.39, 0.29) is 13.2 Å². The van der Waals surface area contributed by atoms with E-state index in [2.05, 4.69) is 0 Å². The summed E-state index contributed by atoms with van der Waals surface area (Å²) in [6.07, 6.45) is -3.86. The van der Waals surface area contributed by atoms with E-state index in [4.69, 9.17) is 19.9 Å². The number of hydrogen-bond acceptors (Lipinski definition) is 7. The largest absolute Gasteiger partial charge is 0.426 e. The Hall–Kier alpha value is -1.51. The number of ether oxygens (including phenoxy) is 3. The summed E-state index contributed by atoms with van der Waals surface area (Å²) in [5, 5.41) is 19.4. The van der Waals surface area contributed by atoms with Crippen LogP contribution in [0.15, 0.2) is 24.3 Å². The maximum absolute atomic E-state index is 11.0. The van der Waals surface area contributed by atoms with E-state index >= 15 is 0 Å². The van der Waals surface area contributed by atoms with Crippen LogP contribution in [-0.4, -0.2) is 47.3 Å². The SMILES string of the molecule is CC(=O)Oc1ccccc1CO[C@@H]1C(N)OC[C@@H](O)[C@@H]1O. The van der Waals surface area contributed by atoms with Gasteiger partial charge in [0.05, 0.1) is 13.2 Å². The van der Waals surface area contributed by atoms with Crippen LogP contribution in [0.1, 0.15) is 12.5 Å². The predicted molar refractivity (Wildman–Crippen MR) is 72.3 cm³/mol. The molecule has 21 heavy (non-hydrogen) atoms. The Kier molecular flexibility index (Phi) is 5.27. The fraction of sp³-hybridized carbons (Fsp3) is 0.500. The van der Waals surface area contributed by atoms with Crippen LogP contribution in [0.25, 0.3) is 0 Å². The van der Waals surface area contributed by atoms with Crippen molar-refractivity contribution in [3.8, 4) is 5.75 Å². The Bertz CT molecular complexity index is 494. The highest BCUT2D eigenvalue weighted by molar-refractivity contribution is 5.69. The van der Waals surface area contributed by atoms with Gasteiger partial charge in [0.15, 0.2) is 0 Å². The fourth-order valence-electron chi connectivity index (χ4n) is 2.07. The Balaban J connectivity index is 2.03. The summed E-state index contributed by atoms with van der Waals surface area (Å²) < 4.78 is 15.7. The second-order valence-corrected chi connectivity index (χ2v) is 4.83. The number of esters is 1. The van der Waals surface area contributed by atoms with Gasteiger partial charge >= 0.3 is 5.97 Å². The molecule has 4 atom stereocenters. The molecule has 116 valence electrons. The molecule has 0 aliphatic carbocycles. The van der Waals surface area contributed by atoms with Crippen LogP contribution in [0.2, 0.25) is 0 Å². The molecule has 1 aliphatic heterocycles. The second-order valence-electron chi connectivity index (χ2n) is 4.83. The van der Waals surface area contributed by atoms with E-state index in [0.717, 1.165) is 0 Å². The number of hydrogen-bond donors (Lipinski definition) is 3. The smallest absolute Gasteiger partial charge is 0.308 e. The number of rotatable bonds is 4. The molecule has 2 rings (SSSR count). The van der Waals surface area contributed by atoms with Gasteiger partial charge in [0.2, 0.25) is 0 Å². The zero-order valence-electron chi connectivity index (χ0n) is 11.6. The lowest BCUT2D eigenvalue weighted by molar-refractivity contribution is -0.205. The van der Waals surface area contributed by atoms with Crippen molar-refractivity contribution in [3.05, 3.63) is 29.8 Å². The normalized spacial score (nSPS) is 29.1. The van der Waals surface area contributed by atoms with Gasteiger partial charge in [-0.15, -0.1) is 0 Å². The average molecular weight is 297 g/mol. The van der Waals surface area contributed by atoms with Crippen molar-refractivity contribution >= 4 is 5.97 Å². The van der Waals surface area contributed by atoms with E-state index in [1.54, 1.807) is 24.3 Å². The first-order valence-electron chi connectivity index (χ1n) is 6.60. The molecular weight excluding hydrogens is 278 g/mol. The van der Waals surface area contributed by atoms with E-state index < -0.39 is 30.5 Å². The van der Waals surface area contributed by atoms with Gasteiger partial charge in [0, 0.05) is 12.5 Å². The van der Waals surface area contributed by atoms with E-state index in [9.17, 15) is 15.0 Å². The summed E-state index contributed by atoms with van der Waals surface area (Å²) in [6.45, 7) is 1.34. The highest BCUT2D eigenvalue weighted by Gasteiger charge is 2.37. The van der Waals surface area contributed by atoms with Gasteiger partial charge < -0.3 is 30.2 Å². The molecule has 0 spiro atoms. The first kappa shape index (κ1) is 15.9. The number of aliphatic hydroxyl groups is 2. The van der Waals surface area contributed by atoms with E-state index in [1.165, 1.54) is 6.92 Å². The molecule has 1 aromatic rings. The van der Waals surface area contributed by atoms with Gasteiger partial charge in [0.1, 0.15) is 30.3 Å². The maximum Gasteiger partial charge on any atom is 0.308 e. The topological polar surface area (TPSA) is 111 Å². The number of nitrogens with two attached hydrogens (primary N) is 1. The zero-order chi connectivity index (χ0) is 15.4. The van der Waals surface area contributed by atoms with Crippen LogP contribution < -0.4 is 10.5 Å². The minimum atomic E-state index is -1.13. The van der Waals surface area contributed by atoms with E-state index in [1.807, 2.05) is 0 Å². The summed E-state index contributed by atoms with van der Waals surface area (Å²) in [4.78, 5) is 11.0. The van der Waals surface area contributed by atoms with Gasteiger partial charge in [-0.2, -0.15) is 0 Å². The van der Waals surface area contributed by atoms with E-state index in [0.29, 0.717) is 11.3 Å². The summed E-state index contributed by atoms with van der Waals surface area (Å²) in [6, 6.07) is 6.88. The molecule has 1 aromatic carbocycles. The van der Waals surface area contributed by atoms with Gasteiger partial charge in [-0.3, -0.25) is 4.79 Å². The third kappa shape index (κ3) is 3.99. The third-order valence-electron chi connectivity index (χ3n) is 3.17. The molecule has 0 aromatic heterocycles. The second kappa shape index (κ2) is 6.97. The number of carbonyl (C=O) groups excluding carboxylic acids is 1. The quantitative estimate of drug-likeness (QED) is 0.509. The Morgan fingerprint density at radius 1 is 1.43 bits per heavy atom. The molecule has 0 bridgehead atoms. The fourth-order valence-corrected chi connectivity index (χ4v) is 2.07. The minimum Gasteiger partial charge on any atom is -0.426 e. The first-order chi connectivity index (χ1) is 9.99. The molecule has 0 radical (unpaired) electrons. The van der Waals surface area contributed by atoms with Crippen molar-refractivity contribution in [2.24, 2.45) is 5.73 Å². The van der Waals surface area contributed by atoms with Crippen molar-refractivity contribution in [1.82, 2.24) is 0 Å². The zero-order valence-corrected chi connectivity index (χ0v) is 11.6. The van der Waals surface area contributed by atoms with Crippen LogP contribution in [0.5, 0.6) is 5.75 Å². The Labute approximate surface area is 122 Å². The summed E-state index contributed by atoms with van der Waals surface area (Å²) in [5.41, 5.74) is 6.34. The first-order valence-corrected chi connectivity index (χ1v) is 6.60. The lowest BCUT2D eigenvalue weighted by Gasteiger charge is -2.36. The van der Waals surface area contributed by atoms with Crippen LogP contribution in [-0.2, 0) is 20.9 Å². The highest BCUT2D eigenvalue weighted by Crippen LogP contribution is 2.22. The maximum atomic E-state index is 11.0. The number of aliphatic hydroxyl groups excluding tert-OH is 2. The predicted octanol–water partition coefficient (Wildman–Crippen LogP) is -0.466. The molecule has 0 saturated carbocycles. The van der Waals surface area contributed by atoms with Gasteiger partial charge in [-0.1, -0.05) is 18.2 Å².